The van der Waals surface area contributed by atoms with Crippen molar-refractivity contribution in [2.75, 3.05) is 7.05 Å². The minimum atomic E-state index is 0.631. The van der Waals surface area contributed by atoms with Gasteiger partial charge in [0.05, 0.1) is 0 Å². The normalized spacial score (nSPS) is 13.2. The van der Waals surface area contributed by atoms with Gasteiger partial charge in [0.1, 0.15) is 12.4 Å². The smallest absolute Gasteiger partial charge is 0.124 e. The Labute approximate surface area is 134 Å². The molecule has 2 nitrogen and oxygen atoms in total. The third-order valence-corrected chi connectivity index (χ3v) is 4.44. The van der Waals surface area contributed by atoms with Crippen LogP contribution in [0.2, 0.25) is 0 Å². The number of hydrogen-bond donors (Lipinski definition) is 1. The molecule has 0 amide bonds. The van der Waals surface area contributed by atoms with Crippen LogP contribution in [0.1, 0.15) is 28.7 Å². The molecule has 0 saturated heterocycles. The van der Waals surface area contributed by atoms with Gasteiger partial charge in [-0.1, -0.05) is 34.1 Å². The Morgan fingerprint density at radius 1 is 1.10 bits per heavy atom. The Balaban J connectivity index is 1.72. The monoisotopic (exact) mass is 345 g/mol. The highest BCUT2D eigenvalue weighted by atomic mass is 79.9. The summed E-state index contributed by atoms with van der Waals surface area (Å²) in [6, 6.07) is 12.9. The number of rotatable bonds is 5. The summed E-state index contributed by atoms with van der Waals surface area (Å²) in [7, 11) is 1.95. The quantitative estimate of drug-likeness (QED) is 0.875. The molecule has 0 saturated carbocycles. The molecule has 21 heavy (non-hydrogen) atoms. The van der Waals surface area contributed by atoms with Crippen molar-refractivity contribution in [3.05, 3.63) is 63.1 Å². The Morgan fingerprint density at radius 2 is 1.95 bits per heavy atom. The van der Waals surface area contributed by atoms with E-state index in [1.54, 1.807) is 0 Å². The minimum Gasteiger partial charge on any atom is -0.489 e. The second kappa shape index (κ2) is 6.63. The maximum atomic E-state index is 6.03. The predicted octanol–water partition coefficient (Wildman–Crippen LogP) is 4.24. The molecule has 3 rings (SSSR count). The van der Waals surface area contributed by atoms with E-state index in [4.69, 9.17) is 4.74 Å². The van der Waals surface area contributed by atoms with Crippen molar-refractivity contribution < 1.29 is 4.74 Å². The highest BCUT2D eigenvalue weighted by Crippen LogP contribution is 2.26. The number of nitrogens with one attached hydrogen (secondary N) is 1. The number of hydrogen-bond acceptors (Lipinski definition) is 2. The molecule has 3 heteroatoms. The molecule has 0 spiro atoms. The fourth-order valence-electron chi connectivity index (χ4n) is 2.89. The molecule has 0 aliphatic heterocycles. The molecule has 0 bridgehead atoms. The standard InChI is InChI=1S/C18H20BrNO/c1-20-11-16-10-17(19)7-8-18(16)21-12-13-5-6-14-3-2-4-15(14)9-13/h5-10,20H,2-4,11-12H2,1H3. The molecule has 1 N–H and O–H groups in total. The fourth-order valence-corrected chi connectivity index (χ4v) is 3.30. The molecule has 1 aliphatic carbocycles. The third kappa shape index (κ3) is 3.47. The Morgan fingerprint density at radius 3 is 2.81 bits per heavy atom. The second-order valence-corrected chi connectivity index (χ2v) is 6.44. The van der Waals surface area contributed by atoms with Crippen LogP contribution in [0.25, 0.3) is 0 Å². The first-order chi connectivity index (χ1) is 10.3. The second-order valence-electron chi connectivity index (χ2n) is 5.53. The first-order valence-corrected chi connectivity index (χ1v) is 8.22. The molecular formula is C18H20BrNO. The van der Waals surface area contributed by atoms with Gasteiger partial charge in [-0.15, -0.1) is 0 Å². The lowest BCUT2D eigenvalue weighted by atomic mass is 10.1. The summed E-state index contributed by atoms with van der Waals surface area (Å²) in [6.45, 7) is 1.44. The zero-order valence-electron chi connectivity index (χ0n) is 12.3. The molecule has 2 aromatic rings. The van der Waals surface area contributed by atoms with Crippen LogP contribution < -0.4 is 10.1 Å². The summed E-state index contributed by atoms with van der Waals surface area (Å²) >= 11 is 3.51. The van der Waals surface area contributed by atoms with Crippen LogP contribution in [-0.2, 0) is 26.0 Å². The van der Waals surface area contributed by atoms with Crippen LogP contribution in [0, 0.1) is 0 Å². The average Bonchev–Trinajstić information content (AvgIpc) is 2.94. The lowest BCUT2D eigenvalue weighted by Crippen LogP contribution is -2.07. The van der Waals surface area contributed by atoms with Gasteiger partial charge in [-0.05, 0) is 61.2 Å². The van der Waals surface area contributed by atoms with Gasteiger partial charge in [0, 0.05) is 16.6 Å². The van der Waals surface area contributed by atoms with E-state index in [-0.39, 0.29) is 0 Å². The summed E-state index contributed by atoms with van der Waals surface area (Å²) in [5.74, 6) is 0.952. The van der Waals surface area contributed by atoms with Gasteiger partial charge in [0.25, 0.3) is 0 Å². The van der Waals surface area contributed by atoms with Crippen molar-refractivity contribution in [3.63, 3.8) is 0 Å². The van der Waals surface area contributed by atoms with E-state index in [2.05, 4.69) is 45.5 Å². The van der Waals surface area contributed by atoms with E-state index in [1.807, 2.05) is 19.2 Å². The van der Waals surface area contributed by atoms with E-state index in [9.17, 15) is 0 Å². The van der Waals surface area contributed by atoms with Crippen molar-refractivity contribution in [2.45, 2.75) is 32.4 Å². The fraction of sp³-hybridized carbons (Fsp3) is 0.333. The molecular weight excluding hydrogens is 326 g/mol. The molecule has 0 fully saturated rings. The summed E-state index contributed by atoms with van der Waals surface area (Å²) in [5, 5.41) is 3.18. The average molecular weight is 346 g/mol. The van der Waals surface area contributed by atoms with E-state index in [0.29, 0.717) is 6.61 Å². The lowest BCUT2D eigenvalue weighted by Gasteiger charge is -2.12. The van der Waals surface area contributed by atoms with Gasteiger partial charge < -0.3 is 10.1 Å². The predicted molar refractivity (Wildman–Crippen MR) is 89.7 cm³/mol. The number of aryl methyl sites for hydroxylation is 2. The zero-order valence-corrected chi connectivity index (χ0v) is 13.9. The first-order valence-electron chi connectivity index (χ1n) is 7.43. The van der Waals surface area contributed by atoms with Crippen LogP contribution in [0.15, 0.2) is 40.9 Å². The first kappa shape index (κ1) is 14.6. The highest BCUT2D eigenvalue weighted by molar-refractivity contribution is 9.10. The third-order valence-electron chi connectivity index (χ3n) is 3.95. The summed E-state index contributed by atoms with van der Waals surface area (Å²) in [6.07, 6.45) is 3.74. The van der Waals surface area contributed by atoms with Crippen LogP contribution in [0.5, 0.6) is 5.75 Å². The summed E-state index contributed by atoms with van der Waals surface area (Å²) in [4.78, 5) is 0. The van der Waals surface area contributed by atoms with Gasteiger partial charge in [0.15, 0.2) is 0 Å². The van der Waals surface area contributed by atoms with Crippen LogP contribution in [0.4, 0.5) is 0 Å². The lowest BCUT2D eigenvalue weighted by molar-refractivity contribution is 0.302. The van der Waals surface area contributed by atoms with E-state index >= 15 is 0 Å². The number of fused-ring (bicyclic) bond motifs is 1. The van der Waals surface area contributed by atoms with Crippen molar-refractivity contribution in [3.8, 4) is 5.75 Å². The van der Waals surface area contributed by atoms with Crippen LogP contribution in [0.3, 0.4) is 0 Å². The van der Waals surface area contributed by atoms with Gasteiger partial charge in [-0.25, -0.2) is 0 Å². The number of halogens is 1. The number of ether oxygens (including phenoxy) is 1. The number of benzene rings is 2. The molecule has 0 radical (unpaired) electrons. The van der Waals surface area contributed by atoms with Gasteiger partial charge in [-0.3, -0.25) is 0 Å². The SMILES string of the molecule is CNCc1cc(Br)ccc1OCc1ccc2c(c1)CCC2. The van der Waals surface area contributed by atoms with Crippen molar-refractivity contribution in [1.29, 1.82) is 0 Å². The van der Waals surface area contributed by atoms with Crippen molar-refractivity contribution >= 4 is 15.9 Å². The van der Waals surface area contributed by atoms with Crippen LogP contribution in [-0.4, -0.2) is 7.05 Å². The minimum absolute atomic E-state index is 0.631. The molecule has 0 aromatic heterocycles. The van der Waals surface area contributed by atoms with Gasteiger partial charge in [-0.2, -0.15) is 0 Å². The van der Waals surface area contributed by atoms with Crippen LogP contribution >= 0.6 is 15.9 Å². The zero-order chi connectivity index (χ0) is 14.7. The molecule has 110 valence electrons. The topological polar surface area (TPSA) is 21.3 Å². The van der Waals surface area contributed by atoms with Gasteiger partial charge >= 0.3 is 0 Å². The highest BCUT2D eigenvalue weighted by Gasteiger charge is 2.11. The molecule has 0 heterocycles. The summed E-state index contributed by atoms with van der Waals surface area (Å²) in [5.41, 5.74) is 5.45. The Hall–Kier alpha value is -1.32. The van der Waals surface area contributed by atoms with Crippen molar-refractivity contribution in [2.24, 2.45) is 0 Å². The Bertz CT molecular complexity index is 639. The molecule has 2 aromatic carbocycles. The maximum Gasteiger partial charge on any atom is 0.124 e. The summed E-state index contributed by atoms with van der Waals surface area (Å²) < 4.78 is 7.11. The van der Waals surface area contributed by atoms with E-state index < -0.39 is 0 Å². The molecule has 1 aliphatic rings. The molecule has 0 atom stereocenters. The van der Waals surface area contributed by atoms with E-state index in [1.165, 1.54) is 41.5 Å². The van der Waals surface area contributed by atoms with E-state index in [0.717, 1.165) is 16.8 Å². The largest absolute Gasteiger partial charge is 0.489 e. The van der Waals surface area contributed by atoms with Gasteiger partial charge in [0.2, 0.25) is 0 Å². The Kier molecular flexibility index (Phi) is 4.61. The maximum absolute atomic E-state index is 6.03. The van der Waals surface area contributed by atoms with Crippen molar-refractivity contribution in [1.82, 2.24) is 5.32 Å². The molecule has 0 unspecified atom stereocenters.